The van der Waals surface area contributed by atoms with Crippen molar-refractivity contribution >= 4 is 16.7 Å². The topological polar surface area (TPSA) is 91.1 Å². The predicted octanol–water partition coefficient (Wildman–Crippen LogP) is 5.59. The molecule has 1 saturated heterocycles. The first kappa shape index (κ1) is 27.7. The molecule has 1 aliphatic rings. The third-order valence-corrected chi connectivity index (χ3v) is 8.13. The highest BCUT2D eigenvalue weighted by Gasteiger charge is 2.31. The number of methoxy groups -OCH3 is 1. The number of aromatic amines is 1. The van der Waals surface area contributed by atoms with E-state index in [0.29, 0.717) is 23.7 Å². The fourth-order valence-electron chi connectivity index (χ4n) is 6.14. The summed E-state index contributed by atoms with van der Waals surface area (Å²) in [5.41, 5.74) is 3.52. The third kappa shape index (κ3) is 5.56. The fourth-order valence-corrected chi connectivity index (χ4v) is 6.14. The molecule has 3 aromatic rings. The molecule has 1 N–H and O–H groups in total. The van der Waals surface area contributed by atoms with Crippen LogP contribution in [0.4, 0.5) is 0 Å². The molecule has 3 heterocycles. The minimum absolute atomic E-state index is 0.0419. The van der Waals surface area contributed by atoms with Crippen LogP contribution in [0.1, 0.15) is 73.4 Å². The monoisotopic (exact) mass is 516 g/mol. The van der Waals surface area contributed by atoms with Crippen LogP contribution in [-0.2, 0) is 6.42 Å². The third-order valence-electron chi connectivity index (χ3n) is 8.13. The number of fused-ring (bicyclic) bond motifs is 1. The summed E-state index contributed by atoms with van der Waals surface area (Å²) < 4.78 is 7.78. The minimum Gasteiger partial charge on any atom is -0.496 e. The van der Waals surface area contributed by atoms with Gasteiger partial charge in [0.1, 0.15) is 5.75 Å². The van der Waals surface area contributed by atoms with Crippen molar-refractivity contribution < 1.29 is 9.53 Å². The summed E-state index contributed by atoms with van der Waals surface area (Å²) in [5, 5.41) is 10.4. The van der Waals surface area contributed by atoms with E-state index in [1.807, 2.05) is 45.9 Å². The molecule has 0 bridgehead atoms. The molecule has 0 unspecified atom stereocenters. The zero-order chi connectivity index (χ0) is 27.6. The number of para-hydroxylation sites is 1. The average Bonchev–Trinajstić information content (AvgIpc) is 3.19. The summed E-state index contributed by atoms with van der Waals surface area (Å²) in [6.07, 6.45) is 2.68. The van der Waals surface area contributed by atoms with Crippen molar-refractivity contribution in [2.24, 2.45) is 11.3 Å². The lowest BCUT2D eigenvalue weighted by molar-refractivity contribution is 0.0982. The summed E-state index contributed by atoms with van der Waals surface area (Å²) in [5.74, 6) is 1.06. The van der Waals surface area contributed by atoms with Crippen LogP contribution in [0, 0.1) is 36.5 Å². The van der Waals surface area contributed by atoms with Gasteiger partial charge in [0.25, 0.3) is 5.56 Å². The Balaban J connectivity index is 1.57. The number of Topliss-reactive ketones (excluding diaryl/α,β-unsaturated/α-hetero) is 1. The molecule has 0 radical (unpaired) electrons. The fraction of sp³-hybridized carbons (Fsp3) is 0.516. The second kappa shape index (κ2) is 11.2. The van der Waals surface area contributed by atoms with E-state index in [4.69, 9.17) is 4.74 Å². The van der Waals surface area contributed by atoms with Gasteiger partial charge >= 0.3 is 0 Å². The zero-order valence-electron chi connectivity index (χ0n) is 23.6. The van der Waals surface area contributed by atoms with Crippen molar-refractivity contribution in [2.75, 3.05) is 26.7 Å². The van der Waals surface area contributed by atoms with Crippen molar-refractivity contribution in [3.8, 4) is 11.8 Å². The number of aromatic nitrogens is 2. The van der Waals surface area contributed by atoms with Crippen LogP contribution in [0.5, 0.6) is 5.75 Å². The van der Waals surface area contributed by atoms with E-state index in [2.05, 4.69) is 33.5 Å². The van der Waals surface area contributed by atoms with Crippen molar-refractivity contribution in [2.45, 2.75) is 66.3 Å². The number of rotatable bonds is 9. The van der Waals surface area contributed by atoms with Crippen LogP contribution < -0.4 is 10.3 Å². The number of piperidine rings is 1. The number of ether oxygens (including phenoxy) is 1. The number of hydrogen-bond acceptors (Lipinski definition) is 5. The number of nitrogens with zero attached hydrogens (tertiary/aromatic N) is 3. The Bertz CT molecular complexity index is 1420. The molecule has 1 aliphatic heterocycles. The second-order valence-corrected chi connectivity index (χ2v) is 11.4. The minimum atomic E-state index is -0.339. The zero-order valence-corrected chi connectivity index (χ0v) is 23.6. The van der Waals surface area contributed by atoms with Gasteiger partial charge in [-0.15, -0.1) is 0 Å². The summed E-state index contributed by atoms with van der Waals surface area (Å²) >= 11 is 0. The van der Waals surface area contributed by atoms with Crippen molar-refractivity contribution in [1.29, 1.82) is 5.26 Å². The van der Waals surface area contributed by atoms with E-state index in [0.717, 1.165) is 60.3 Å². The molecule has 38 heavy (non-hydrogen) atoms. The number of H-pyrrole nitrogens is 1. The lowest BCUT2D eigenvalue weighted by Crippen LogP contribution is -2.41. The maximum absolute atomic E-state index is 13.6. The molecule has 1 fully saturated rings. The van der Waals surface area contributed by atoms with Crippen molar-refractivity contribution in [1.82, 2.24) is 14.5 Å². The molecule has 0 amide bonds. The van der Waals surface area contributed by atoms with Crippen LogP contribution in [-0.4, -0.2) is 47.0 Å². The van der Waals surface area contributed by atoms with Gasteiger partial charge in [-0.05, 0) is 85.0 Å². The Kier molecular flexibility index (Phi) is 8.13. The molecule has 4 rings (SSSR count). The molecule has 7 nitrogen and oxygen atoms in total. The van der Waals surface area contributed by atoms with Gasteiger partial charge in [-0.25, -0.2) is 0 Å². The summed E-state index contributed by atoms with van der Waals surface area (Å²) in [6, 6.07) is 12.6. The maximum Gasteiger partial charge on any atom is 0.255 e. The maximum atomic E-state index is 13.6. The first-order valence-corrected chi connectivity index (χ1v) is 13.6. The molecule has 2 aromatic heterocycles. The highest BCUT2D eigenvalue weighted by molar-refractivity contribution is 6.09. The molecular weight excluding hydrogens is 476 g/mol. The lowest BCUT2D eigenvalue weighted by atomic mass is 9.88. The van der Waals surface area contributed by atoms with Gasteiger partial charge in [-0.3, -0.25) is 9.59 Å². The van der Waals surface area contributed by atoms with Gasteiger partial charge < -0.3 is 19.2 Å². The van der Waals surface area contributed by atoms with Crippen molar-refractivity contribution in [3.05, 3.63) is 63.2 Å². The smallest absolute Gasteiger partial charge is 0.255 e. The van der Waals surface area contributed by atoms with Crippen LogP contribution in [0.15, 0.2) is 35.1 Å². The van der Waals surface area contributed by atoms with E-state index in [1.165, 1.54) is 0 Å². The molecule has 0 aliphatic carbocycles. The summed E-state index contributed by atoms with van der Waals surface area (Å²) in [6.45, 7) is 12.9. The number of carbonyl (C=O) groups is 1. The largest absolute Gasteiger partial charge is 0.496 e. The van der Waals surface area contributed by atoms with E-state index < -0.39 is 0 Å². The number of benzene rings is 1. The van der Waals surface area contributed by atoms with Gasteiger partial charge in [0.15, 0.2) is 5.78 Å². The molecule has 202 valence electrons. The van der Waals surface area contributed by atoms with Gasteiger partial charge in [0.2, 0.25) is 0 Å². The van der Waals surface area contributed by atoms with Crippen LogP contribution in [0.25, 0.3) is 10.9 Å². The average molecular weight is 517 g/mol. The van der Waals surface area contributed by atoms with E-state index in [1.54, 1.807) is 13.2 Å². The van der Waals surface area contributed by atoms with Gasteiger partial charge in [-0.2, -0.15) is 5.26 Å². The number of ketones is 1. The Morgan fingerprint density at radius 1 is 1.24 bits per heavy atom. The van der Waals surface area contributed by atoms with Crippen molar-refractivity contribution in [3.63, 3.8) is 0 Å². The molecule has 0 saturated carbocycles. The Labute approximate surface area is 225 Å². The molecule has 1 atom stereocenters. The van der Waals surface area contributed by atoms with Gasteiger partial charge in [-0.1, -0.05) is 18.2 Å². The Morgan fingerprint density at radius 2 is 1.92 bits per heavy atom. The summed E-state index contributed by atoms with van der Waals surface area (Å²) in [7, 11) is 1.55. The highest BCUT2D eigenvalue weighted by atomic mass is 16.5. The molecular formula is C31H40N4O3. The Morgan fingerprint density at radius 3 is 2.58 bits per heavy atom. The van der Waals surface area contributed by atoms with E-state index in [9.17, 15) is 14.9 Å². The number of pyridine rings is 1. The van der Waals surface area contributed by atoms with Crippen LogP contribution in [0.2, 0.25) is 0 Å². The number of likely N-dealkylation sites (tertiary alicyclic amines) is 1. The first-order valence-electron chi connectivity index (χ1n) is 13.6. The van der Waals surface area contributed by atoms with E-state index in [-0.39, 0.29) is 29.2 Å². The molecule has 0 spiro atoms. The molecule has 7 heteroatoms. The van der Waals surface area contributed by atoms with Gasteiger partial charge in [0.05, 0.1) is 24.2 Å². The quantitative estimate of drug-likeness (QED) is 0.374. The molecule has 1 aromatic carbocycles. The Hall–Kier alpha value is -3.37. The number of nitriles is 1. The standard InChI is InChI=1S/C31H40N4O3/c1-20-17-28(38-6)25(30(37)33-20)11-12-27(36)29-22(3)35(26-10-8-7-9-24(26)29)21(2)23-13-15-34(16-14-23)19-31(4,5)18-32/h7-10,17,21,23H,11-16,19H2,1-6H3,(H,33,37)/t21-/m1/s1. The number of hydrogen-bond donors (Lipinski definition) is 1. The second-order valence-electron chi connectivity index (χ2n) is 11.4. The summed E-state index contributed by atoms with van der Waals surface area (Å²) in [4.78, 5) is 31.4. The highest BCUT2D eigenvalue weighted by Crippen LogP contribution is 2.36. The van der Waals surface area contributed by atoms with Gasteiger partial charge in [0, 0.05) is 46.9 Å². The number of nitrogens with one attached hydrogen (secondary N) is 1. The SMILES string of the molecule is COc1cc(C)[nH]c(=O)c1CCC(=O)c1c(C)n([C@H](C)C2CCN(CC(C)(C)C#N)CC2)c2ccccc12. The normalized spacial score (nSPS) is 15.9. The number of aryl methyl sites for hydroxylation is 1. The van der Waals surface area contributed by atoms with Crippen LogP contribution in [0.3, 0.4) is 0 Å². The predicted molar refractivity (Wildman–Crippen MR) is 151 cm³/mol. The number of carbonyl (C=O) groups excluding carboxylic acids is 1. The first-order chi connectivity index (χ1) is 18.1. The van der Waals surface area contributed by atoms with E-state index >= 15 is 0 Å². The lowest BCUT2D eigenvalue weighted by Gasteiger charge is -2.38. The van der Waals surface area contributed by atoms with Crippen LogP contribution >= 0.6 is 0 Å².